The Labute approximate surface area is 97.5 Å². The van der Waals surface area contributed by atoms with Gasteiger partial charge in [0.2, 0.25) is 0 Å². The molecule has 1 heterocycles. The first-order chi connectivity index (χ1) is 7.79. The number of fused-ring (bicyclic) bond motifs is 2. The third kappa shape index (κ3) is 1.56. The van der Waals surface area contributed by atoms with Gasteiger partial charge in [-0.3, -0.25) is 4.90 Å². The van der Waals surface area contributed by atoms with Crippen LogP contribution in [0, 0.1) is 17.8 Å². The van der Waals surface area contributed by atoms with Crippen molar-refractivity contribution in [3.8, 4) is 0 Å². The summed E-state index contributed by atoms with van der Waals surface area (Å²) in [7, 11) is 0. The number of rotatable bonds is 1. The van der Waals surface area contributed by atoms with Crippen LogP contribution in [-0.4, -0.2) is 35.0 Å². The lowest BCUT2D eigenvalue weighted by Gasteiger charge is -2.39. The lowest BCUT2D eigenvalue weighted by molar-refractivity contribution is 0.131. The maximum Gasteiger partial charge on any atom is 0.0775 e. The fraction of sp³-hybridized carbons (Fsp3) is 0.923. The van der Waals surface area contributed by atoms with Crippen molar-refractivity contribution < 1.29 is 5.21 Å². The van der Waals surface area contributed by atoms with Gasteiger partial charge in [0, 0.05) is 12.5 Å². The Bertz CT molecular complexity index is 302. The molecule has 0 amide bonds. The highest BCUT2D eigenvalue weighted by molar-refractivity contribution is 5.94. The number of likely N-dealkylation sites (tertiary alicyclic amines) is 1. The minimum absolute atomic E-state index is 0.478. The fourth-order valence-corrected chi connectivity index (χ4v) is 4.16. The van der Waals surface area contributed by atoms with Crippen LogP contribution < -0.4 is 0 Å². The van der Waals surface area contributed by atoms with Gasteiger partial charge in [-0.15, -0.1) is 0 Å². The molecule has 0 aromatic carbocycles. The van der Waals surface area contributed by atoms with E-state index >= 15 is 0 Å². The summed E-state index contributed by atoms with van der Waals surface area (Å²) < 4.78 is 0. The first kappa shape index (κ1) is 10.6. The molecule has 16 heavy (non-hydrogen) atoms. The maximum atomic E-state index is 9.22. The van der Waals surface area contributed by atoms with E-state index < -0.39 is 0 Å². The molecule has 4 atom stereocenters. The minimum atomic E-state index is 0.478. The summed E-state index contributed by atoms with van der Waals surface area (Å²) in [5, 5.41) is 12.8. The van der Waals surface area contributed by atoms with Gasteiger partial charge in [-0.05, 0) is 50.5 Å². The minimum Gasteiger partial charge on any atom is -0.411 e. The van der Waals surface area contributed by atoms with Crippen molar-refractivity contribution in [1.82, 2.24) is 4.90 Å². The number of piperidine rings is 1. The molecule has 0 aromatic heterocycles. The lowest BCUT2D eigenvalue weighted by Crippen LogP contribution is -2.49. The van der Waals surface area contributed by atoms with E-state index in [1.165, 1.54) is 45.2 Å². The van der Waals surface area contributed by atoms with Gasteiger partial charge in [-0.25, -0.2) is 0 Å². The van der Waals surface area contributed by atoms with Crippen LogP contribution in [0.25, 0.3) is 0 Å². The molecule has 3 aliphatic rings. The highest BCUT2D eigenvalue weighted by Gasteiger charge is 2.48. The van der Waals surface area contributed by atoms with Gasteiger partial charge in [-0.1, -0.05) is 12.1 Å². The molecule has 1 aliphatic heterocycles. The van der Waals surface area contributed by atoms with E-state index in [1.54, 1.807) is 0 Å². The van der Waals surface area contributed by atoms with E-state index in [9.17, 15) is 5.21 Å². The van der Waals surface area contributed by atoms with Crippen LogP contribution in [0.1, 0.15) is 39.0 Å². The predicted molar refractivity (Wildman–Crippen MR) is 63.8 cm³/mol. The molecule has 2 saturated carbocycles. The second-order valence-electron chi connectivity index (χ2n) is 5.98. The Hall–Kier alpha value is -0.570. The van der Waals surface area contributed by atoms with Crippen LogP contribution in [0.2, 0.25) is 0 Å². The smallest absolute Gasteiger partial charge is 0.0775 e. The molecule has 2 aliphatic carbocycles. The predicted octanol–water partition coefficient (Wildman–Crippen LogP) is 2.35. The summed E-state index contributed by atoms with van der Waals surface area (Å²) in [6.07, 6.45) is 6.55. The third-order valence-corrected chi connectivity index (χ3v) is 4.84. The molecule has 0 spiro atoms. The SMILES string of the molecule is C[C@@H]1CCCN([C@H]2/C(=N/O)[C@H]3CC[C@H]2C3)C1. The molecule has 0 unspecified atom stereocenters. The van der Waals surface area contributed by atoms with Gasteiger partial charge in [-0.2, -0.15) is 0 Å². The van der Waals surface area contributed by atoms with Gasteiger partial charge in [0.05, 0.1) is 11.8 Å². The molecule has 3 heteroatoms. The first-order valence-corrected chi connectivity index (χ1v) is 6.75. The average Bonchev–Trinajstić information content (AvgIpc) is 2.88. The van der Waals surface area contributed by atoms with Crippen molar-refractivity contribution in [2.45, 2.75) is 45.1 Å². The van der Waals surface area contributed by atoms with Crippen molar-refractivity contribution in [3.05, 3.63) is 0 Å². The van der Waals surface area contributed by atoms with Crippen molar-refractivity contribution in [2.24, 2.45) is 22.9 Å². The lowest BCUT2D eigenvalue weighted by atomic mass is 9.89. The summed E-state index contributed by atoms with van der Waals surface area (Å²) in [6, 6.07) is 0.478. The van der Waals surface area contributed by atoms with Gasteiger partial charge >= 0.3 is 0 Å². The van der Waals surface area contributed by atoms with Crippen molar-refractivity contribution in [2.75, 3.05) is 13.1 Å². The van der Waals surface area contributed by atoms with Crippen molar-refractivity contribution in [1.29, 1.82) is 0 Å². The monoisotopic (exact) mass is 222 g/mol. The Morgan fingerprint density at radius 1 is 1.31 bits per heavy atom. The van der Waals surface area contributed by atoms with Crippen LogP contribution in [0.3, 0.4) is 0 Å². The molecule has 2 bridgehead atoms. The average molecular weight is 222 g/mol. The van der Waals surface area contributed by atoms with E-state index in [0.717, 1.165) is 17.5 Å². The number of hydrogen-bond acceptors (Lipinski definition) is 3. The Morgan fingerprint density at radius 2 is 2.19 bits per heavy atom. The van der Waals surface area contributed by atoms with Gasteiger partial charge < -0.3 is 5.21 Å². The molecule has 1 N–H and O–H groups in total. The zero-order chi connectivity index (χ0) is 11.1. The largest absolute Gasteiger partial charge is 0.411 e. The number of oxime groups is 1. The number of hydrogen-bond donors (Lipinski definition) is 1. The zero-order valence-electron chi connectivity index (χ0n) is 10.1. The highest BCUT2D eigenvalue weighted by Crippen LogP contribution is 2.45. The van der Waals surface area contributed by atoms with Gasteiger partial charge in [0.1, 0.15) is 0 Å². The molecule has 0 radical (unpaired) electrons. The molecule has 0 aromatic rings. The standard InChI is InChI=1S/C13H22N2O/c1-9-3-2-6-15(8-9)13-11-5-4-10(7-11)12(13)14-16/h9-11,13,16H,2-8H2,1H3/b14-12+/t9-,10+,11+,13-/m1/s1. The van der Waals surface area contributed by atoms with E-state index in [-0.39, 0.29) is 0 Å². The third-order valence-electron chi connectivity index (χ3n) is 4.84. The molecule has 90 valence electrons. The van der Waals surface area contributed by atoms with Crippen molar-refractivity contribution >= 4 is 5.71 Å². The summed E-state index contributed by atoms with van der Waals surface area (Å²) in [4.78, 5) is 2.59. The topological polar surface area (TPSA) is 35.8 Å². The second-order valence-corrected chi connectivity index (χ2v) is 5.98. The molecular weight excluding hydrogens is 200 g/mol. The summed E-state index contributed by atoms with van der Waals surface area (Å²) in [6.45, 7) is 4.75. The molecule has 1 saturated heterocycles. The molecule has 3 fully saturated rings. The molecular formula is C13H22N2O. The van der Waals surface area contributed by atoms with Crippen LogP contribution >= 0.6 is 0 Å². The van der Waals surface area contributed by atoms with E-state index in [4.69, 9.17) is 0 Å². The Kier molecular flexibility index (Phi) is 2.66. The fourth-order valence-electron chi connectivity index (χ4n) is 4.16. The van der Waals surface area contributed by atoms with Gasteiger partial charge in [0.15, 0.2) is 0 Å². The van der Waals surface area contributed by atoms with Crippen LogP contribution in [-0.2, 0) is 0 Å². The highest BCUT2D eigenvalue weighted by atomic mass is 16.4. The van der Waals surface area contributed by atoms with E-state index in [1.807, 2.05) is 0 Å². The van der Waals surface area contributed by atoms with Crippen LogP contribution in [0.15, 0.2) is 5.16 Å². The van der Waals surface area contributed by atoms with Crippen molar-refractivity contribution in [3.63, 3.8) is 0 Å². The number of nitrogens with zero attached hydrogens (tertiary/aromatic N) is 2. The maximum absolute atomic E-state index is 9.22. The van der Waals surface area contributed by atoms with E-state index in [2.05, 4.69) is 17.0 Å². The molecule has 3 rings (SSSR count). The first-order valence-electron chi connectivity index (χ1n) is 6.75. The quantitative estimate of drug-likeness (QED) is 0.546. The summed E-state index contributed by atoms with van der Waals surface area (Å²) in [5.41, 5.74) is 1.10. The Balaban J connectivity index is 1.78. The zero-order valence-corrected chi connectivity index (χ0v) is 10.1. The summed E-state index contributed by atoms with van der Waals surface area (Å²) in [5.74, 6) is 2.19. The second kappa shape index (κ2) is 4.02. The van der Waals surface area contributed by atoms with Gasteiger partial charge in [0.25, 0.3) is 0 Å². The van der Waals surface area contributed by atoms with E-state index in [0.29, 0.717) is 12.0 Å². The molecule has 3 nitrogen and oxygen atoms in total. The normalized spacial score (nSPS) is 46.7. The summed E-state index contributed by atoms with van der Waals surface area (Å²) >= 11 is 0. The van der Waals surface area contributed by atoms with Crippen LogP contribution in [0.5, 0.6) is 0 Å². The Morgan fingerprint density at radius 3 is 2.94 bits per heavy atom. The van der Waals surface area contributed by atoms with Crippen LogP contribution in [0.4, 0.5) is 0 Å².